The molecule has 23 heavy (non-hydrogen) atoms. The van der Waals surface area contributed by atoms with Crippen molar-refractivity contribution in [3.63, 3.8) is 0 Å². The third-order valence-electron chi connectivity index (χ3n) is 4.76. The van der Waals surface area contributed by atoms with Crippen LogP contribution >= 0.6 is 0 Å². The number of nitrogens with zero attached hydrogens (tertiary/aromatic N) is 1. The van der Waals surface area contributed by atoms with Crippen molar-refractivity contribution in [2.24, 2.45) is 5.92 Å². The zero-order valence-corrected chi connectivity index (χ0v) is 13.2. The molecule has 1 aliphatic carbocycles. The van der Waals surface area contributed by atoms with E-state index in [0.29, 0.717) is 37.7 Å². The van der Waals surface area contributed by atoms with Crippen LogP contribution in [0.5, 0.6) is 0 Å². The molecule has 1 saturated carbocycles. The zero-order chi connectivity index (χ0) is 16.2. The predicted octanol–water partition coefficient (Wildman–Crippen LogP) is 1.58. The average molecular weight is 321 g/mol. The fourth-order valence-electron chi connectivity index (χ4n) is 3.29. The number of ether oxygens (including phenoxy) is 2. The molecular formula is C17H23NO5. The SMILES string of the molecule is O=C(CCCCCN1C(=O)C=CC1=O)OCC1CCC2OC2C1. The van der Waals surface area contributed by atoms with Gasteiger partial charge in [-0.2, -0.15) is 0 Å². The van der Waals surface area contributed by atoms with Gasteiger partial charge in [-0.1, -0.05) is 6.42 Å². The van der Waals surface area contributed by atoms with Gasteiger partial charge in [-0.15, -0.1) is 0 Å². The van der Waals surface area contributed by atoms with E-state index >= 15 is 0 Å². The summed E-state index contributed by atoms with van der Waals surface area (Å²) < 4.78 is 10.8. The smallest absolute Gasteiger partial charge is 0.305 e. The van der Waals surface area contributed by atoms with Crippen molar-refractivity contribution in [3.8, 4) is 0 Å². The van der Waals surface area contributed by atoms with Gasteiger partial charge in [0, 0.05) is 25.1 Å². The number of rotatable bonds is 8. The molecule has 0 N–H and O–H groups in total. The molecule has 6 heteroatoms. The second-order valence-electron chi connectivity index (χ2n) is 6.55. The number of unbranched alkanes of at least 4 members (excludes halogenated alkanes) is 2. The molecule has 0 aromatic heterocycles. The van der Waals surface area contributed by atoms with E-state index in [4.69, 9.17) is 9.47 Å². The lowest BCUT2D eigenvalue weighted by Crippen LogP contribution is -2.30. The standard InChI is InChI=1S/C17H23NO5/c19-15-7-8-16(20)18(15)9-3-1-2-4-17(21)22-11-12-5-6-13-14(10-12)23-13/h7-8,12-14H,1-6,9-11H2. The molecule has 0 aromatic carbocycles. The summed E-state index contributed by atoms with van der Waals surface area (Å²) in [6.45, 7) is 0.929. The number of amides is 2. The van der Waals surface area contributed by atoms with Crippen LogP contribution < -0.4 is 0 Å². The van der Waals surface area contributed by atoms with Gasteiger partial charge in [0.15, 0.2) is 0 Å². The Hall–Kier alpha value is -1.69. The summed E-state index contributed by atoms with van der Waals surface area (Å²) in [6, 6.07) is 0. The van der Waals surface area contributed by atoms with Crippen LogP contribution in [0.1, 0.15) is 44.9 Å². The molecule has 2 fully saturated rings. The van der Waals surface area contributed by atoms with E-state index in [1.165, 1.54) is 17.1 Å². The average Bonchev–Trinajstić information content (AvgIpc) is 3.25. The minimum atomic E-state index is -0.247. The van der Waals surface area contributed by atoms with Crippen LogP contribution in [0.25, 0.3) is 0 Å². The Bertz CT molecular complexity index is 497. The topological polar surface area (TPSA) is 76.2 Å². The summed E-state index contributed by atoms with van der Waals surface area (Å²) in [4.78, 5) is 35.7. The van der Waals surface area contributed by atoms with Crippen LogP contribution in [0, 0.1) is 5.92 Å². The molecule has 2 heterocycles. The summed E-state index contributed by atoms with van der Waals surface area (Å²) in [5.74, 6) is -0.200. The van der Waals surface area contributed by atoms with Gasteiger partial charge >= 0.3 is 5.97 Å². The van der Waals surface area contributed by atoms with Crippen LogP contribution in [-0.4, -0.2) is 48.0 Å². The molecule has 3 atom stereocenters. The molecule has 1 saturated heterocycles. The Kier molecular flexibility index (Phi) is 5.10. The Morgan fingerprint density at radius 2 is 1.91 bits per heavy atom. The molecule has 6 nitrogen and oxygen atoms in total. The summed E-state index contributed by atoms with van der Waals surface area (Å²) in [7, 11) is 0. The lowest BCUT2D eigenvalue weighted by atomic mass is 9.90. The first-order chi connectivity index (χ1) is 11.1. The van der Waals surface area contributed by atoms with Crippen LogP contribution in [0.4, 0.5) is 0 Å². The van der Waals surface area contributed by atoms with E-state index in [2.05, 4.69) is 0 Å². The summed E-state index contributed by atoms with van der Waals surface area (Å²) in [6.07, 6.45) is 9.31. The van der Waals surface area contributed by atoms with Gasteiger partial charge in [-0.05, 0) is 38.0 Å². The lowest BCUT2D eigenvalue weighted by Gasteiger charge is -2.18. The van der Waals surface area contributed by atoms with Crippen LogP contribution in [0.3, 0.4) is 0 Å². The van der Waals surface area contributed by atoms with Gasteiger partial charge in [0.05, 0.1) is 18.8 Å². The molecule has 3 rings (SSSR count). The van der Waals surface area contributed by atoms with E-state index in [0.717, 1.165) is 38.5 Å². The third kappa shape index (κ3) is 4.41. The number of epoxide rings is 1. The van der Waals surface area contributed by atoms with Gasteiger partial charge in [-0.25, -0.2) is 0 Å². The molecule has 3 aliphatic rings. The van der Waals surface area contributed by atoms with Gasteiger partial charge in [-0.3, -0.25) is 19.3 Å². The van der Waals surface area contributed by atoms with E-state index in [-0.39, 0.29) is 17.8 Å². The second-order valence-corrected chi connectivity index (χ2v) is 6.55. The molecule has 0 spiro atoms. The minimum absolute atomic E-state index is 0.154. The Balaban J connectivity index is 1.21. The highest BCUT2D eigenvalue weighted by Crippen LogP contribution is 2.39. The third-order valence-corrected chi connectivity index (χ3v) is 4.76. The van der Waals surface area contributed by atoms with Crippen molar-refractivity contribution in [1.82, 2.24) is 4.90 Å². The Morgan fingerprint density at radius 3 is 2.65 bits per heavy atom. The first-order valence-corrected chi connectivity index (χ1v) is 8.48. The highest BCUT2D eigenvalue weighted by Gasteiger charge is 2.43. The molecular weight excluding hydrogens is 298 g/mol. The molecule has 2 aliphatic heterocycles. The van der Waals surface area contributed by atoms with E-state index < -0.39 is 0 Å². The molecule has 2 amide bonds. The van der Waals surface area contributed by atoms with Crippen molar-refractivity contribution in [2.45, 2.75) is 57.2 Å². The summed E-state index contributed by atoms with van der Waals surface area (Å²) in [5, 5.41) is 0. The van der Waals surface area contributed by atoms with Gasteiger partial charge in [0.1, 0.15) is 0 Å². The van der Waals surface area contributed by atoms with E-state index in [1.807, 2.05) is 0 Å². The highest BCUT2D eigenvalue weighted by atomic mass is 16.6. The van der Waals surface area contributed by atoms with Crippen molar-refractivity contribution in [3.05, 3.63) is 12.2 Å². The van der Waals surface area contributed by atoms with Gasteiger partial charge in [0.2, 0.25) is 0 Å². The maximum absolute atomic E-state index is 11.7. The number of esters is 1. The monoisotopic (exact) mass is 321 g/mol. The van der Waals surface area contributed by atoms with Gasteiger partial charge < -0.3 is 9.47 Å². The maximum atomic E-state index is 11.7. The van der Waals surface area contributed by atoms with E-state index in [9.17, 15) is 14.4 Å². The van der Waals surface area contributed by atoms with Crippen molar-refractivity contribution in [1.29, 1.82) is 0 Å². The highest BCUT2D eigenvalue weighted by molar-refractivity contribution is 6.12. The number of carbonyl (C=O) groups is 3. The first kappa shape index (κ1) is 16.2. The molecule has 3 unspecified atom stereocenters. The van der Waals surface area contributed by atoms with Crippen molar-refractivity contribution >= 4 is 17.8 Å². The second kappa shape index (κ2) is 7.25. The number of imide groups is 1. The van der Waals surface area contributed by atoms with Crippen molar-refractivity contribution < 1.29 is 23.9 Å². The normalized spacial score (nSPS) is 28.9. The molecule has 0 bridgehead atoms. The fraction of sp³-hybridized carbons (Fsp3) is 0.706. The zero-order valence-electron chi connectivity index (χ0n) is 13.2. The van der Waals surface area contributed by atoms with Crippen molar-refractivity contribution in [2.75, 3.05) is 13.2 Å². The number of hydrogen-bond acceptors (Lipinski definition) is 5. The van der Waals surface area contributed by atoms with E-state index in [1.54, 1.807) is 0 Å². The number of hydrogen-bond donors (Lipinski definition) is 0. The number of fused-ring (bicyclic) bond motifs is 1. The van der Waals surface area contributed by atoms with Crippen LogP contribution in [0.15, 0.2) is 12.2 Å². The Labute approximate surface area is 135 Å². The molecule has 0 aromatic rings. The van der Waals surface area contributed by atoms with Gasteiger partial charge in [0.25, 0.3) is 11.8 Å². The van der Waals surface area contributed by atoms with Crippen LogP contribution in [-0.2, 0) is 23.9 Å². The lowest BCUT2D eigenvalue weighted by molar-refractivity contribution is -0.145. The number of carbonyl (C=O) groups excluding carboxylic acids is 3. The summed E-state index contributed by atoms with van der Waals surface area (Å²) in [5.41, 5.74) is 0. The first-order valence-electron chi connectivity index (χ1n) is 8.48. The van der Waals surface area contributed by atoms with Crippen LogP contribution in [0.2, 0.25) is 0 Å². The fourth-order valence-corrected chi connectivity index (χ4v) is 3.29. The molecule has 0 radical (unpaired) electrons. The predicted molar refractivity (Wildman–Crippen MR) is 81.3 cm³/mol. The Morgan fingerprint density at radius 1 is 1.13 bits per heavy atom. The largest absolute Gasteiger partial charge is 0.465 e. The maximum Gasteiger partial charge on any atom is 0.305 e. The minimum Gasteiger partial charge on any atom is -0.465 e. The summed E-state index contributed by atoms with van der Waals surface area (Å²) >= 11 is 0. The molecule has 126 valence electrons. The quantitative estimate of drug-likeness (QED) is 0.294.